The average Bonchev–Trinajstić information content (AvgIpc) is 2.19. The Morgan fingerprint density at radius 1 is 1.40 bits per heavy atom. The van der Waals surface area contributed by atoms with Crippen molar-refractivity contribution in [3.8, 4) is 0 Å². The van der Waals surface area contributed by atoms with Gasteiger partial charge in [-0.15, -0.1) is 0 Å². The van der Waals surface area contributed by atoms with Crippen molar-refractivity contribution in [1.29, 1.82) is 0 Å². The van der Waals surface area contributed by atoms with E-state index < -0.39 is 0 Å². The second-order valence-corrected chi connectivity index (χ2v) is 4.51. The van der Waals surface area contributed by atoms with Gasteiger partial charge in [0.15, 0.2) is 0 Å². The minimum Gasteiger partial charge on any atom is -0.396 e. The molecule has 1 atom stereocenters. The van der Waals surface area contributed by atoms with Crippen LogP contribution in [0.4, 0.5) is 4.39 Å². The van der Waals surface area contributed by atoms with E-state index in [0.29, 0.717) is 17.9 Å². The van der Waals surface area contributed by atoms with Crippen LogP contribution < -0.4 is 0 Å². The summed E-state index contributed by atoms with van der Waals surface area (Å²) in [6.07, 6.45) is 0.528. The fourth-order valence-electron chi connectivity index (χ4n) is 1.50. The topological polar surface area (TPSA) is 20.2 Å². The first kappa shape index (κ1) is 12.5. The van der Waals surface area contributed by atoms with Crippen molar-refractivity contribution in [2.45, 2.75) is 20.3 Å². The smallest absolute Gasteiger partial charge is 0.144 e. The number of halogens is 2. The Hall–Kier alpha value is -0.600. The Kier molecular flexibility index (Phi) is 4.55. The summed E-state index contributed by atoms with van der Waals surface area (Å²) in [7, 11) is 0. The summed E-state index contributed by atoms with van der Waals surface area (Å²) in [5.74, 6) is 0.0459. The van der Waals surface area contributed by atoms with Gasteiger partial charge in [-0.3, -0.25) is 0 Å². The maximum Gasteiger partial charge on any atom is 0.144 e. The van der Waals surface area contributed by atoms with E-state index in [1.807, 2.05) is 13.8 Å². The Labute approximate surface area is 94.9 Å². The Balaban J connectivity index is 2.84. The summed E-state index contributed by atoms with van der Waals surface area (Å²) < 4.78 is 13.5. The van der Waals surface area contributed by atoms with Gasteiger partial charge in [-0.2, -0.15) is 0 Å². The molecule has 0 fully saturated rings. The molecule has 1 nitrogen and oxygen atoms in total. The average molecular weight is 231 g/mol. The third-order valence-corrected chi connectivity index (χ3v) is 2.98. The van der Waals surface area contributed by atoms with E-state index in [1.54, 1.807) is 12.1 Å². The van der Waals surface area contributed by atoms with Crippen molar-refractivity contribution in [3.05, 3.63) is 34.6 Å². The molecule has 0 aliphatic rings. The van der Waals surface area contributed by atoms with Crippen LogP contribution in [0, 0.1) is 17.7 Å². The molecule has 0 amide bonds. The summed E-state index contributed by atoms with van der Waals surface area (Å²) in [6.45, 7) is 4.11. The van der Waals surface area contributed by atoms with E-state index in [-0.39, 0.29) is 23.4 Å². The minimum absolute atomic E-state index is 0.0730. The van der Waals surface area contributed by atoms with Gasteiger partial charge in [0, 0.05) is 6.61 Å². The number of rotatable bonds is 4. The van der Waals surface area contributed by atoms with Gasteiger partial charge in [0.25, 0.3) is 0 Å². The normalized spacial score (nSPS) is 13.2. The number of aliphatic hydroxyl groups excluding tert-OH is 1. The molecule has 0 aliphatic heterocycles. The van der Waals surface area contributed by atoms with Gasteiger partial charge in [0.05, 0.1) is 5.02 Å². The molecule has 0 bridgehead atoms. The SMILES string of the molecule is CC(C)C(CO)Cc1cccc(Cl)c1F. The summed E-state index contributed by atoms with van der Waals surface area (Å²) in [4.78, 5) is 0. The van der Waals surface area contributed by atoms with Crippen LogP contribution >= 0.6 is 11.6 Å². The highest BCUT2D eigenvalue weighted by molar-refractivity contribution is 6.30. The van der Waals surface area contributed by atoms with Crippen LogP contribution in [0.25, 0.3) is 0 Å². The number of hydrogen-bond donors (Lipinski definition) is 1. The van der Waals surface area contributed by atoms with Gasteiger partial charge in [-0.1, -0.05) is 37.6 Å². The first-order valence-electron chi connectivity index (χ1n) is 5.10. The lowest BCUT2D eigenvalue weighted by molar-refractivity contribution is 0.188. The molecule has 1 aromatic carbocycles. The van der Waals surface area contributed by atoms with E-state index in [9.17, 15) is 4.39 Å². The molecule has 0 aromatic heterocycles. The van der Waals surface area contributed by atoms with Crippen molar-refractivity contribution in [2.24, 2.45) is 11.8 Å². The second-order valence-electron chi connectivity index (χ2n) is 4.10. The van der Waals surface area contributed by atoms with Gasteiger partial charge >= 0.3 is 0 Å². The number of aliphatic hydroxyl groups is 1. The highest BCUT2D eigenvalue weighted by Gasteiger charge is 2.16. The Bertz CT molecular complexity index is 325. The number of benzene rings is 1. The molecule has 0 aliphatic carbocycles. The van der Waals surface area contributed by atoms with Crippen LogP contribution in [-0.4, -0.2) is 11.7 Å². The first-order valence-corrected chi connectivity index (χ1v) is 5.47. The molecule has 0 spiro atoms. The van der Waals surface area contributed by atoms with Crippen molar-refractivity contribution < 1.29 is 9.50 Å². The van der Waals surface area contributed by atoms with Gasteiger partial charge in [-0.25, -0.2) is 4.39 Å². The van der Waals surface area contributed by atoms with Crippen molar-refractivity contribution in [1.82, 2.24) is 0 Å². The van der Waals surface area contributed by atoms with E-state index in [0.717, 1.165) is 0 Å². The van der Waals surface area contributed by atoms with Gasteiger partial charge in [-0.05, 0) is 29.9 Å². The van der Waals surface area contributed by atoms with Crippen LogP contribution in [0.5, 0.6) is 0 Å². The molecule has 84 valence electrons. The van der Waals surface area contributed by atoms with Crippen molar-refractivity contribution in [2.75, 3.05) is 6.61 Å². The fraction of sp³-hybridized carbons (Fsp3) is 0.500. The first-order chi connectivity index (χ1) is 7.06. The van der Waals surface area contributed by atoms with Crippen LogP contribution in [0.3, 0.4) is 0 Å². The molecule has 1 unspecified atom stereocenters. The van der Waals surface area contributed by atoms with E-state index in [1.165, 1.54) is 6.07 Å². The molecule has 1 N–H and O–H groups in total. The zero-order chi connectivity index (χ0) is 11.4. The maximum absolute atomic E-state index is 13.5. The Morgan fingerprint density at radius 2 is 2.07 bits per heavy atom. The molecule has 3 heteroatoms. The quantitative estimate of drug-likeness (QED) is 0.842. The monoisotopic (exact) mass is 230 g/mol. The predicted molar refractivity (Wildman–Crippen MR) is 60.5 cm³/mol. The third-order valence-electron chi connectivity index (χ3n) is 2.69. The maximum atomic E-state index is 13.5. The predicted octanol–water partition coefficient (Wildman–Crippen LogP) is 3.29. The Morgan fingerprint density at radius 3 is 2.60 bits per heavy atom. The summed E-state index contributed by atoms with van der Waals surface area (Å²) in [5, 5.41) is 9.31. The van der Waals surface area contributed by atoms with E-state index in [2.05, 4.69) is 0 Å². The zero-order valence-corrected chi connectivity index (χ0v) is 9.76. The molecule has 0 saturated heterocycles. The van der Waals surface area contributed by atoms with Gasteiger partial charge in [0.1, 0.15) is 5.82 Å². The highest BCUT2D eigenvalue weighted by Crippen LogP contribution is 2.23. The fourth-order valence-corrected chi connectivity index (χ4v) is 1.69. The lowest BCUT2D eigenvalue weighted by atomic mass is 9.90. The van der Waals surface area contributed by atoms with Crippen molar-refractivity contribution >= 4 is 11.6 Å². The lowest BCUT2D eigenvalue weighted by Gasteiger charge is -2.18. The van der Waals surface area contributed by atoms with Crippen molar-refractivity contribution in [3.63, 3.8) is 0 Å². The standard InChI is InChI=1S/C12H16ClFO/c1-8(2)10(7-15)6-9-4-3-5-11(13)12(9)14/h3-5,8,10,15H,6-7H2,1-2H3. The molecule has 0 saturated carbocycles. The van der Waals surface area contributed by atoms with E-state index in [4.69, 9.17) is 16.7 Å². The summed E-state index contributed by atoms with van der Waals surface area (Å²) in [6, 6.07) is 4.98. The summed E-state index contributed by atoms with van der Waals surface area (Å²) >= 11 is 5.68. The summed E-state index contributed by atoms with van der Waals surface area (Å²) in [5.41, 5.74) is 0.579. The third kappa shape index (κ3) is 3.18. The molecule has 1 aromatic rings. The molecule has 0 heterocycles. The second kappa shape index (κ2) is 5.47. The molecule has 15 heavy (non-hydrogen) atoms. The van der Waals surface area contributed by atoms with Gasteiger partial charge < -0.3 is 5.11 Å². The molecular formula is C12H16ClFO. The van der Waals surface area contributed by atoms with Crippen LogP contribution in [-0.2, 0) is 6.42 Å². The van der Waals surface area contributed by atoms with Crippen LogP contribution in [0.1, 0.15) is 19.4 Å². The largest absolute Gasteiger partial charge is 0.396 e. The minimum atomic E-state index is -0.363. The highest BCUT2D eigenvalue weighted by atomic mass is 35.5. The van der Waals surface area contributed by atoms with E-state index >= 15 is 0 Å². The lowest BCUT2D eigenvalue weighted by Crippen LogP contribution is -2.17. The van der Waals surface area contributed by atoms with Crippen LogP contribution in [0.15, 0.2) is 18.2 Å². The molecular weight excluding hydrogens is 215 g/mol. The van der Waals surface area contributed by atoms with Crippen LogP contribution in [0.2, 0.25) is 5.02 Å². The van der Waals surface area contributed by atoms with Gasteiger partial charge in [0.2, 0.25) is 0 Å². The molecule has 1 rings (SSSR count). The zero-order valence-electron chi connectivity index (χ0n) is 9.00. The molecule has 0 radical (unpaired) electrons. The number of hydrogen-bond acceptors (Lipinski definition) is 1.